The molecule has 3 rings (SSSR count). The Balaban J connectivity index is 2.25. The fraction of sp³-hybridized carbons (Fsp3) is 0.0952. The van der Waals surface area contributed by atoms with Crippen LogP contribution in [0.4, 0.5) is 18.9 Å². The lowest BCUT2D eigenvalue weighted by Gasteiger charge is -2.13. The Hall–Kier alpha value is -3.38. The standard InChI is InChI=1S/C21H12BrF3N2O3/c1-11-2-13(7-16(3-11)21(23,24)25)14-4-12(10-26)5-15(6-14)17-8-19(27(29)30)20(28)9-18(17)22/h2-9,28H,1H3. The largest absolute Gasteiger partial charge is 0.502 e. The normalized spacial score (nSPS) is 11.2. The van der Waals surface area contributed by atoms with E-state index in [1.807, 2.05) is 6.07 Å². The first-order valence-electron chi connectivity index (χ1n) is 8.41. The summed E-state index contributed by atoms with van der Waals surface area (Å²) in [5.41, 5.74) is 0.488. The van der Waals surface area contributed by atoms with Crippen molar-refractivity contribution >= 4 is 21.6 Å². The monoisotopic (exact) mass is 476 g/mol. The molecule has 0 aliphatic heterocycles. The van der Waals surface area contributed by atoms with Gasteiger partial charge in [0.25, 0.3) is 0 Å². The number of halogens is 4. The minimum Gasteiger partial charge on any atom is -0.502 e. The van der Waals surface area contributed by atoms with Crippen LogP contribution in [-0.4, -0.2) is 10.0 Å². The fourth-order valence-electron chi connectivity index (χ4n) is 3.05. The zero-order valence-electron chi connectivity index (χ0n) is 15.3. The number of nitro benzene ring substituents is 1. The molecule has 30 heavy (non-hydrogen) atoms. The quantitative estimate of drug-likeness (QED) is 0.340. The van der Waals surface area contributed by atoms with Gasteiger partial charge in [0.2, 0.25) is 0 Å². The first-order valence-corrected chi connectivity index (χ1v) is 9.20. The highest BCUT2D eigenvalue weighted by Gasteiger charge is 2.31. The molecule has 0 heterocycles. The van der Waals surface area contributed by atoms with Crippen molar-refractivity contribution in [1.29, 1.82) is 5.26 Å². The highest BCUT2D eigenvalue weighted by atomic mass is 79.9. The van der Waals surface area contributed by atoms with Gasteiger partial charge in [-0.25, -0.2) is 0 Å². The van der Waals surface area contributed by atoms with Gasteiger partial charge in [0.05, 0.1) is 22.1 Å². The number of alkyl halides is 3. The lowest BCUT2D eigenvalue weighted by atomic mass is 9.94. The molecular formula is C21H12BrF3N2O3. The summed E-state index contributed by atoms with van der Waals surface area (Å²) >= 11 is 3.23. The van der Waals surface area contributed by atoms with E-state index in [9.17, 15) is 33.7 Å². The molecule has 0 amide bonds. The molecular weight excluding hydrogens is 465 g/mol. The van der Waals surface area contributed by atoms with E-state index in [2.05, 4.69) is 15.9 Å². The number of phenols is 1. The van der Waals surface area contributed by atoms with E-state index in [0.717, 1.165) is 24.3 Å². The summed E-state index contributed by atoms with van der Waals surface area (Å²) < 4.78 is 40.0. The molecule has 152 valence electrons. The molecule has 0 saturated heterocycles. The van der Waals surface area contributed by atoms with E-state index in [1.54, 1.807) is 6.07 Å². The molecule has 0 saturated carbocycles. The van der Waals surface area contributed by atoms with Gasteiger partial charge < -0.3 is 5.11 Å². The summed E-state index contributed by atoms with van der Waals surface area (Å²) in [7, 11) is 0. The Morgan fingerprint density at radius 1 is 1.03 bits per heavy atom. The molecule has 0 bridgehead atoms. The highest BCUT2D eigenvalue weighted by molar-refractivity contribution is 9.10. The Morgan fingerprint density at radius 2 is 1.67 bits per heavy atom. The molecule has 5 nitrogen and oxygen atoms in total. The van der Waals surface area contributed by atoms with E-state index in [4.69, 9.17) is 0 Å². The van der Waals surface area contributed by atoms with Gasteiger partial charge in [-0.3, -0.25) is 10.1 Å². The van der Waals surface area contributed by atoms with Crippen LogP contribution >= 0.6 is 15.9 Å². The van der Waals surface area contributed by atoms with Crippen LogP contribution in [0.25, 0.3) is 22.3 Å². The molecule has 0 unspecified atom stereocenters. The number of aromatic hydroxyl groups is 1. The summed E-state index contributed by atoms with van der Waals surface area (Å²) in [6.45, 7) is 1.54. The number of nitriles is 1. The Bertz CT molecular complexity index is 1220. The second-order valence-corrected chi connectivity index (χ2v) is 7.43. The average Bonchev–Trinajstić information content (AvgIpc) is 2.66. The number of phenolic OH excluding ortho intramolecular Hbond substituents is 1. The fourth-order valence-corrected chi connectivity index (χ4v) is 3.61. The predicted octanol–water partition coefficient (Wildman–Crippen LogP) is 6.60. The third-order valence-electron chi connectivity index (χ3n) is 4.37. The van der Waals surface area contributed by atoms with E-state index in [1.165, 1.54) is 25.1 Å². The molecule has 0 spiro atoms. The lowest BCUT2D eigenvalue weighted by Crippen LogP contribution is -2.05. The van der Waals surface area contributed by atoms with Gasteiger partial charge in [-0.05, 0) is 59.5 Å². The molecule has 9 heteroatoms. The third-order valence-corrected chi connectivity index (χ3v) is 5.03. The molecule has 3 aromatic carbocycles. The van der Waals surface area contributed by atoms with Crippen LogP contribution in [-0.2, 0) is 6.18 Å². The number of benzene rings is 3. The van der Waals surface area contributed by atoms with Crippen LogP contribution in [0.3, 0.4) is 0 Å². The summed E-state index contributed by atoms with van der Waals surface area (Å²) in [6, 6.07) is 12.3. The van der Waals surface area contributed by atoms with E-state index >= 15 is 0 Å². The van der Waals surface area contributed by atoms with E-state index in [0.29, 0.717) is 26.7 Å². The maximum Gasteiger partial charge on any atom is 0.416 e. The van der Waals surface area contributed by atoms with Crippen LogP contribution in [0, 0.1) is 28.4 Å². The second kappa shape index (κ2) is 7.80. The van der Waals surface area contributed by atoms with Crippen LogP contribution in [0.1, 0.15) is 16.7 Å². The van der Waals surface area contributed by atoms with Crippen molar-refractivity contribution in [2.75, 3.05) is 0 Å². The number of hydrogen-bond donors (Lipinski definition) is 1. The number of nitrogens with zero attached hydrogens (tertiary/aromatic N) is 2. The Morgan fingerprint density at radius 3 is 2.27 bits per heavy atom. The topological polar surface area (TPSA) is 87.2 Å². The third kappa shape index (κ3) is 4.28. The summed E-state index contributed by atoms with van der Waals surface area (Å²) in [6.07, 6.45) is -4.53. The van der Waals surface area contributed by atoms with Gasteiger partial charge in [-0.1, -0.05) is 22.0 Å². The molecule has 0 radical (unpaired) electrons. The molecule has 0 atom stereocenters. The average molecular weight is 477 g/mol. The van der Waals surface area contributed by atoms with Gasteiger partial charge >= 0.3 is 11.9 Å². The molecule has 3 aromatic rings. The maximum atomic E-state index is 13.2. The van der Waals surface area contributed by atoms with Gasteiger partial charge in [0.15, 0.2) is 5.75 Å². The summed E-state index contributed by atoms with van der Waals surface area (Å²) in [5.74, 6) is -0.541. The van der Waals surface area contributed by atoms with Crippen LogP contribution in [0.5, 0.6) is 5.75 Å². The SMILES string of the molecule is Cc1cc(-c2cc(C#N)cc(-c3cc([N+](=O)[O-])c(O)cc3Br)c2)cc(C(F)(F)F)c1. The van der Waals surface area contributed by atoms with Crippen LogP contribution < -0.4 is 0 Å². The van der Waals surface area contributed by atoms with E-state index < -0.39 is 28.1 Å². The first kappa shape index (κ1) is 21.3. The lowest BCUT2D eigenvalue weighted by molar-refractivity contribution is -0.385. The molecule has 0 aliphatic carbocycles. The minimum atomic E-state index is -4.53. The van der Waals surface area contributed by atoms with Crippen LogP contribution in [0.15, 0.2) is 53.0 Å². The number of nitro groups is 1. The van der Waals surface area contributed by atoms with Crippen molar-refractivity contribution in [3.05, 3.63) is 79.8 Å². The zero-order chi connectivity index (χ0) is 22.2. The zero-order valence-corrected chi connectivity index (χ0v) is 16.9. The van der Waals surface area contributed by atoms with Crippen molar-refractivity contribution in [1.82, 2.24) is 0 Å². The molecule has 0 fully saturated rings. The number of aryl methyl sites for hydroxylation is 1. The Kier molecular flexibility index (Phi) is 5.55. The second-order valence-electron chi connectivity index (χ2n) is 6.57. The minimum absolute atomic E-state index is 0.167. The maximum absolute atomic E-state index is 13.2. The Labute approximate surface area is 177 Å². The van der Waals surface area contributed by atoms with Crippen LogP contribution in [0.2, 0.25) is 0 Å². The molecule has 0 aromatic heterocycles. The van der Waals surface area contributed by atoms with Gasteiger partial charge in [-0.2, -0.15) is 18.4 Å². The number of hydrogen-bond acceptors (Lipinski definition) is 4. The van der Waals surface area contributed by atoms with Crippen molar-refractivity contribution < 1.29 is 23.2 Å². The number of rotatable bonds is 3. The van der Waals surface area contributed by atoms with Gasteiger partial charge in [0, 0.05) is 22.2 Å². The van der Waals surface area contributed by atoms with E-state index in [-0.39, 0.29) is 11.1 Å². The summed E-state index contributed by atoms with van der Waals surface area (Å²) in [5, 5.41) is 30.3. The predicted molar refractivity (Wildman–Crippen MR) is 108 cm³/mol. The highest BCUT2D eigenvalue weighted by Crippen LogP contribution is 2.40. The first-order chi connectivity index (χ1) is 14.0. The van der Waals surface area contributed by atoms with Gasteiger partial charge in [0.1, 0.15) is 0 Å². The van der Waals surface area contributed by atoms with Gasteiger partial charge in [-0.15, -0.1) is 0 Å². The molecule has 0 aliphatic rings. The van der Waals surface area contributed by atoms with Crippen molar-refractivity contribution in [3.63, 3.8) is 0 Å². The molecule has 1 N–H and O–H groups in total. The smallest absolute Gasteiger partial charge is 0.416 e. The summed E-state index contributed by atoms with van der Waals surface area (Å²) in [4.78, 5) is 10.4. The van der Waals surface area contributed by atoms with Crippen molar-refractivity contribution in [2.24, 2.45) is 0 Å². The van der Waals surface area contributed by atoms with Crippen molar-refractivity contribution in [3.8, 4) is 34.1 Å². The van der Waals surface area contributed by atoms with Crippen molar-refractivity contribution in [2.45, 2.75) is 13.1 Å².